The molecule has 1 amide bonds. The van der Waals surface area contributed by atoms with Gasteiger partial charge in [0.1, 0.15) is 5.75 Å². The number of benzene rings is 1. The number of ether oxygens (including phenoxy) is 1. The number of hydrogen-bond donors (Lipinski definition) is 1. The molecule has 1 aromatic carbocycles. The third kappa shape index (κ3) is 5.25. The van der Waals surface area contributed by atoms with Gasteiger partial charge in [0.15, 0.2) is 0 Å². The van der Waals surface area contributed by atoms with Crippen LogP contribution in [0.2, 0.25) is 0 Å². The summed E-state index contributed by atoms with van der Waals surface area (Å²) in [5.74, 6) is -0.351. The highest BCUT2D eigenvalue weighted by molar-refractivity contribution is 9.11. The van der Waals surface area contributed by atoms with Crippen molar-refractivity contribution in [3.05, 3.63) is 45.1 Å². The van der Waals surface area contributed by atoms with Crippen molar-refractivity contribution in [1.82, 2.24) is 4.90 Å². The monoisotopic (exact) mass is 418 g/mol. The van der Waals surface area contributed by atoms with Gasteiger partial charge in [-0.1, -0.05) is 12.1 Å². The van der Waals surface area contributed by atoms with Crippen molar-refractivity contribution in [3.63, 3.8) is 0 Å². The maximum absolute atomic E-state index is 12.4. The van der Waals surface area contributed by atoms with Crippen LogP contribution in [0.1, 0.15) is 11.8 Å². The summed E-state index contributed by atoms with van der Waals surface area (Å²) in [6.45, 7) is -0.574. The van der Waals surface area contributed by atoms with Crippen LogP contribution >= 0.6 is 27.3 Å². The number of hydrogen-bond acceptors (Lipinski definition) is 4. The molecule has 0 fully saturated rings. The van der Waals surface area contributed by atoms with Gasteiger partial charge >= 0.3 is 6.61 Å². The first-order valence-electron chi connectivity index (χ1n) is 7.16. The number of carbonyl (C=O) groups excluding carboxylic acids is 1. The molecule has 0 aliphatic rings. The predicted molar refractivity (Wildman–Crippen MR) is 94.7 cm³/mol. The Balaban J connectivity index is 2.01. The van der Waals surface area contributed by atoms with Crippen molar-refractivity contribution in [2.45, 2.75) is 26.1 Å². The summed E-state index contributed by atoms with van der Waals surface area (Å²) in [6, 6.07) is 9.63. The van der Waals surface area contributed by atoms with E-state index < -0.39 is 12.7 Å². The number of carbonyl (C=O) groups is 1. The molecule has 1 aromatic heterocycles. The topological polar surface area (TPSA) is 41.6 Å². The molecule has 0 bridgehead atoms. The molecule has 1 N–H and O–H groups in total. The Bertz CT molecular complexity index is 696. The number of thiophene rings is 1. The molecule has 1 unspecified atom stereocenters. The van der Waals surface area contributed by atoms with Gasteiger partial charge in [0.05, 0.1) is 15.5 Å². The molecular formula is C16H17BrF2N2O2S. The zero-order valence-electron chi connectivity index (χ0n) is 13.1. The van der Waals surface area contributed by atoms with Crippen molar-refractivity contribution < 1.29 is 18.3 Å². The third-order valence-electron chi connectivity index (χ3n) is 3.44. The maximum atomic E-state index is 12.4. The molecular weight excluding hydrogens is 402 g/mol. The largest absolute Gasteiger partial charge is 0.433 e. The fraction of sp³-hybridized carbons (Fsp3) is 0.312. The van der Waals surface area contributed by atoms with Crippen LogP contribution in [0.3, 0.4) is 0 Å². The van der Waals surface area contributed by atoms with E-state index in [2.05, 4.69) is 26.0 Å². The summed E-state index contributed by atoms with van der Waals surface area (Å²) in [4.78, 5) is 15.4. The molecule has 0 radical (unpaired) electrons. The van der Waals surface area contributed by atoms with Crippen molar-refractivity contribution in [3.8, 4) is 5.75 Å². The Labute approximate surface area is 151 Å². The minimum atomic E-state index is -2.94. The van der Waals surface area contributed by atoms with E-state index in [1.54, 1.807) is 30.4 Å². The van der Waals surface area contributed by atoms with Crippen LogP contribution in [-0.4, -0.2) is 30.5 Å². The summed E-state index contributed by atoms with van der Waals surface area (Å²) in [6.07, 6.45) is 0. The highest BCUT2D eigenvalue weighted by atomic mass is 79.9. The molecule has 2 rings (SSSR count). The first kappa shape index (κ1) is 18.8. The second-order valence-electron chi connectivity index (χ2n) is 5.16. The van der Waals surface area contributed by atoms with Gasteiger partial charge in [-0.05, 0) is 54.2 Å². The second kappa shape index (κ2) is 8.55. The normalized spacial score (nSPS) is 12.5. The van der Waals surface area contributed by atoms with Crippen molar-refractivity contribution >= 4 is 38.9 Å². The Morgan fingerprint density at radius 3 is 2.67 bits per heavy atom. The van der Waals surface area contributed by atoms with Crippen LogP contribution in [-0.2, 0) is 11.3 Å². The number of rotatable bonds is 7. The first-order chi connectivity index (χ1) is 11.4. The zero-order valence-corrected chi connectivity index (χ0v) is 15.5. The maximum Gasteiger partial charge on any atom is 0.387 e. The number of amides is 1. The molecule has 2 aromatic rings. The first-order valence-corrected chi connectivity index (χ1v) is 8.77. The number of nitrogens with one attached hydrogen (secondary N) is 1. The Hall–Kier alpha value is -1.51. The summed E-state index contributed by atoms with van der Waals surface area (Å²) >= 11 is 5.00. The number of nitrogens with zero attached hydrogens (tertiary/aromatic N) is 1. The average Bonchev–Trinajstić information content (AvgIpc) is 2.92. The smallest absolute Gasteiger partial charge is 0.387 e. The fourth-order valence-electron chi connectivity index (χ4n) is 2.03. The lowest BCUT2D eigenvalue weighted by molar-refractivity contribution is -0.120. The second-order valence-corrected chi connectivity index (χ2v) is 7.71. The molecule has 0 saturated carbocycles. The van der Waals surface area contributed by atoms with Gasteiger partial charge in [-0.15, -0.1) is 11.3 Å². The Morgan fingerprint density at radius 1 is 1.33 bits per heavy atom. The lowest BCUT2D eigenvalue weighted by atomic mass is 10.2. The summed E-state index contributed by atoms with van der Waals surface area (Å²) in [5, 5.41) is 2.64. The van der Waals surface area contributed by atoms with E-state index in [0.29, 0.717) is 6.54 Å². The molecule has 1 atom stereocenters. The van der Waals surface area contributed by atoms with E-state index in [9.17, 15) is 13.6 Å². The van der Waals surface area contributed by atoms with E-state index in [1.165, 1.54) is 12.1 Å². The van der Waals surface area contributed by atoms with Crippen molar-refractivity contribution in [1.29, 1.82) is 0 Å². The molecule has 8 heteroatoms. The number of alkyl halides is 2. The molecule has 130 valence electrons. The standard InChI is InChI=1S/C16H17BrF2N2O2S/c1-10(21(2)9-11-7-8-14(17)24-11)15(22)20-12-5-3-4-6-13(12)23-16(18)19/h3-8,10,16H,9H2,1-2H3,(H,20,22). The van der Waals surface area contributed by atoms with Crippen molar-refractivity contribution in [2.24, 2.45) is 0 Å². The lowest BCUT2D eigenvalue weighted by Crippen LogP contribution is -2.39. The number of para-hydroxylation sites is 2. The van der Waals surface area contributed by atoms with Gasteiger partial charge in [0.2, 0.25) is 5.91 Å². The minimum absolute atomic E-state index is 0.0575. The van der Waals surface area contributed by atoms with Gasteiger partial charge in [-0.25, -0.2) is 0 Å². The lowest BCUT2D eigenvalue weighted by Gasteiger charge is -2.23. The van der Waals surface area contributed by atoms with Gasteiger partial charge in [-0.2, -0.15) is 8.78 Å². The Morgan fingerprint density at radius 2 is 2.04 bits per heavy atom. The van der Waals surface area contributed by atoms with Crippen LogP contribution in [0.15, 0.2) is 40.2 Å². The van der Waals surface area contributed by atoms with Gasteiger partial charge in [0, 0.05) is 11.4 Å². The van der Waals surface area contributed by atoms with Crippen molar-refractivity contribution in [2.75, 3.05) is 12.4 Å². The molecule has 4 nitrogen and oxygen atoms in total. The summed E-state index contributed by atoms with van der Waals surface area (Å²) in [7, 11) is 1.83. The SMILES string of the molecule is CC(C(=O)Nc1ccccc1OC(F)F)N(C)Cc1ccc(Br)s1. The van der Waals surface area contributed by atoms with E-state index in [0.717, 1.165) is 8.66 Å². The van der Waals surface area contributed by atoms with Gasteiger partial charge < -0.3 is 10.1 Å². The third-order valence-corrected chi connectivity index (χ3v) is 5.04. The molecule has 0 aliphatic heterocycles. The van der Waals surface area contributed by atoms with Gasteiger partial charge in [0.25, 0.3) is 0 Å². The van der Waals surface area contributed by atoms with E-state index in [1.807, 2.05) is 24.1 Å². The van der Waals surface area contributed by atoms with Crippen LogP contribution in [0.4, 0.5) is 14.5 Å². The average molecular weight is 419 g/mol. The van der Waals surface area contributed by atoms with E-state index >= 15 is 0 Å². The Kier molecular flexibility index (Phi) is 6.70. The molecule has 0 spiro atoms. The number of halogens is 3. The number of anilines is 1. The van der Waals surface area contributed by atoms with E-state index in [4.69, 9.17) is 0 Å². The van der Waals surface area contributed by atoms with E-state index in [-0.39, 0.29) is 17.3 Å². The summed E-state index contributed by atoms with van der Waals surface area (Å²) < 4.78 is 30.3. The van der Waals surface area contributed by atoms with Crippen LogP contribution < -0.4 is 10.1 Å². The highest BCUT2D eigenvalue weighted by Gasteiger charge is 2.20. The predicted octanol–water partition coefficient (Wildman–Crippen LogP) is 4.57. The minimum Gasteiger partial charge on any atom is -0.433 e. The zero-order chi connectivity index (χ0) is 17.7. The summed E-state index contributed by atoms with van der Waals surface area (Å²) in [5.41, 5.74) is 0.224. The number of likely N-dealkylation sites (N-methyl/N-ethyl adjacent to an activating group) is 1. The molecule has 0 aliphatic carbocycles. The molecule has 0 saturated heterocycles. The molecule has 24 heavy (non-hydrogen) atoms. The van der Waals surface area contributed by atoms with Crippen LogP contribution in [0.25, 0.3) is 0 Å². The quantitative estimate of drug-likeness (QED) is 0.715. The fourth-order valence-corrected chi connectivity index (χ4v) is 3.57. The van der Waals surface area contributed by atoms with Crippen LogP contribution in [0, 0.1) is 0 Å². The molecule has 1 heterocycles. The van der Waals surface area contributed by atoms with Crippen LogP contribution in [0.5, 0.6) is 5.75 Å². The van der Waals surface area contributed by atoms with Gasteiger partial charge in [-0.3, -0.25) is 9.69 Å². The highest BCUT2D eigenvalue weighted by Crippen LogP contribution is 2.26.